The van der Waals surface area contributed by atoms with Crippen molar-refractivity contribution in [2.45, 2.75) is 18.9 Å². The first-order valence-electron chi connectivity index (χ1n) is 5.30. The first-order valence-corrected chi connectivity index (χ1v) is 6.69. The van der Waals surface area contributed by atoms with Crippen molar-refractivity contribution in [3.05, 3.63) is 0 Å². The van der Waals surface area contributed by atoms with Crippen LogP contribution in [0, 0.1) is 0 Å². The van der Waals surface area contributed by atoms with Gasteiger partial charge in [-0.25, -0.2) is 0 Å². The zero-order valence-corrected chi connectivity index (χ0v) is 9.76. The Morgan fingerprint density at radius 2 is 2.36 bits per heavy atom. The van der Waals surface area contributed by atoms with E-state index in [0.717, 1.165) is 19.2 Å². The van der Waals surface area contributed by atoms with Crippen molar-refractivity contribution < 1.29 is 9.84 Å². The summed E-state index contributed by atoms with van der Waals surface area (Å²) < 4.78 is 5.27. The molecule has 4 heteroatoms. The molecule has 0 bridgehead atoms. The van der Waals surface area contributed by atoms with Crippen LogP contribution in [-0.2, 0) is 4.74 Å². The molecule has 1 unspecified atom stereocenters. The predicted molar refractivity (Wildman–Crippen MR) is 60.9 cm³/mol. The number of aliphatic hydroxyl groups is 1. The molecule has 0 radical (unpaired) electrons. The Bertz CT molecular complexity index is 146. The van der Waals surface area contributed by atoms with Gasteiger partial charge in [0.05, 0.1) is 19.8 Å². The predicted octanol–water partition coefficient (Wildman–Crippen LogP) is 0.823. The van der Waals surface area contributed by atoms with Crippen LogP contribution < -0.4 is 0 Å². The van der Waals surface area contributed by atoms with Crippen LogP contribution in [0.4, 0.5) is 0 Å². The van der Waals surface area contributed by atoms with Gasteiger partial charge in [-0.2, -0.15) is 11.8 Å². The molecule has 84 valence electrons. The maximum absolute atomic E-state index is 8.55. The zero-order valence-electron chi connectivity index (χ0n) is 8.95. The minimum atomic E-state index is 0.133. The molecule has 1 saturated heterocycles. The molecule has 0 aromatic carbocycles. The van der Waals surface area contributed by atoms with Gasteiger partial charge in [-0.15, -0.1) is 0 Å². The Morgan fingerprint density at radius 1 is 1.50 bits per heavy atom. The molecule has 0 spiro atoms. The quantitative estimate of drug-likeness (QED) is 0.643. The summed E-state index contributed by atoms with van der Waals surface area (Å²) in [6, 6.07) is 0.753. The van der Waals surface area contributed by atoms with E-state index in [4.69, 9.17) is 9.84 Å². The van der Waals surface area contributed by atoms with Crippen LogP contribution in [0.5, 0.6) is 0 Å². The van der Waals surface area contributed by atoms with Crippen molar-refractivity contribution in [1.29, 1.82) is 0 Å². The van der Waals surface area contributed by atoms with Gasteiger partial charge in [-0.3, -0.25) is 4.90 Å². The van der Waals surface area contributed by atoms with Crippen LogP contribution in [0.25, 0.3) is 0 Å². The van der Waals surface area contributed by atoms with Crippen LogP contribution >= 0.6 is 11.8 Å². The molecular formula is C10H21NO2S. The van der Waals surface area contributed by atoms with Crippen molar-refractivity contribution in [2.24, 2.45) is 0 Å². The third-order valence-electron chi connectivity index (χ3n) is 2.62. The molecule has 0 aromatic rings. The van der Waals surface area contributed by atoms with Crippen molar-refractivity contribution in [3.8, 4) is 0 Å². The number of ether oxygens (including phenoxy) is 1. The van der Waals surface area contributed by atoms with Crippen molar-refractivity contribution in [3.63, 3.8) is 0 Å². The molecule has 1 N–H and O–H groups in total. The molecule has 0 amide bonds. The SMILES string of the molecule is CSCC1CCCN1CCOCCO. The van der Waals surface area contributed by atoms with Crippen molar-refractivity contribution in [1.82, 2.24) is 4.90 Å². The highest BCUT2D eigenvalue weighted by molar-refractivity contribution is 7.98. The van der Waals surface area contributed by atoms with E-state index >= 15 is 0 Å². The first kappa shape index (κ1) is 12.3. The summed E-state index contributed by atoms with van der Waals surface area (Å²) in [5.74, 6) is 1.24. The Labute approximate surface area is 90.8 Å². The largest absolute Gasteiger partial charge is 0.394 e. The standard InChI is InChI=1S/C10H21NO2S/c1-14-9-10-3-2-4-11(10)5-7-13-8-6-12/h10,12H,2-9H2,1H3. The second-order valence-corrected chi connectivity index (χ2v) is 4.53. The fourth-order valence-electron chi connectivity index (χ4n) is 1.92. The van der Waals surface area contributed by atoms with Crippen LogP contribution in [0.2, 0.25) is 0 Å². The number of aliphatic hydroxyl groups excluding tert-OH is 1. The third-order valence-corrected chi connectivity index (χ3v) is 3.33. The number of hydrogen-bond donors (Lipinski definition) is 1. The van der Waals surface area contributed by atoms with Gasteiger partial charge in [0, 0.05) is 18.3 Å². The summed E-state index contributed by atoms with van der Waals surface area (Å²) >= 11 is 1.92. The lowest BCUT2D eigenvalue weighted by Crippen LogP contribution is -2.34. The molecule has 3 nitrogen and oxygen atoms in total. The van der Waals surface area contributed by atoms with Gasteiger partial charge in [0.2, 0.25) is 0 Å². The molecule has 0 saturated carbocycles. The topological polar surface area (TPSA) is 32.7 Å². The van der Waals surface area contributed by atoms with E-state index in [-0.39, 0.29) is 6.61 Å². The zero-order chi connectivity index (χ0) is 10.2. The second kappa shape index (κ2) is 7.51. The highest BCUT2D eigenvalue weighted by Gasteiger charge is 2.22. The molecule has 1 aliphatic rings. The average molecular weight is 219 g/mol. The Morgan fingerprint density at radius 3 is 3.07 bits per heavy atom. The minimum absolute atomic E-state index is 0.133. The Kier molecular flexibility index (Phi) is 6.60. The summed E-state index contributed by atoms with van der Waals surface area (Å²) in [4.78, 5) is 2.51. The van der Waals surface area contributed by atoms with Gasteiger partial charge in [-0.1, -0.05) is 0 Å². The molecule has 14 heavy (non-hydrogen) atoms. The number of likely N-dealkylation sites (tertiary alicyclic amines) is 1. The normalized spacial score (nSPS) is 23.1. The highest BCUT2D eigenvalue weighted by atomic mass is 32.2. The average Bonchev–Trinajstić information content (AvgIpc) is 2.61. The highest BCUT2D eigenvalue weighted by Crippen LogP contribution is 2.19. The molecule has 1 atom stereocenters. The van der Waals surface area contributed by atoms with E-state index in [1.54, 1.807) is 0 Å². The van der Waals surface area contributed by atoms with Crippen molar-refractivity contribution in [2.75, 3.05) is 44.9 Å². The molecule has 0 aromatic heterocycles. The van der Waals surface area contributed by atoms with E-state index in [1.165, 1.54) is 25.1 Å². The molecular weight excluding hydrogens is 198 g/mol. The summed E-state index contributed by atoms with van der Waals surface area (Å²) in [6.45, 7) is 3.60. The van der Waals surface area contributed by atoms with Gasteiger partial charge in [0.25, 0.3) is 0 Å². The number of thioether (sulfide) groups is 1. The van der Waals surface area contributed by atoms with E-state index < -0.39 is 0 Å². The smallest absolute Gasteiger partial charge is 0.0698 e. The minimum Gasteiger partial charge on any atom is -0.394 e. The monoisotopic (exact) mass is 219 g/mol. The van der Waals surface area contributed by atoms with Gasteiger partial charge >= 0.3 is 0 Å². The lowest BCUT2D eigenvalue weighted by Gasteiger charge is -2.23. The summed E-state index contributed by atoms with van der Waals surface area (Å²) in [6.07, 6.45) is 4.82. The number of rotatable bonds is 7. The Hall–Kier alpha value is 0.230. The van der Waals surface area contributed by atoms with E-state index in [9.17, 15) is 0 Å². The van der Waals surface area contributed by atoms with Crippen LogP contribution in [0.3, 0.4) is 0 Å². The maximum Gasteiger partial charge on any atom is 0.0698 e. The summed E-state index contributed by atoms with van der Waals surface area (Å²) in [7, 11) is 0. The van der Waals surface area contributed by atoms with E-state index in [2.05, 4.69) is 11.2 Å². The third kappa shape index (κ3) is 4.17. The van der Waals surface area contributed by atoms with Gasteiger partial charge < -0.3 is 9.84 Å². The van der Waals surface area contributed by atoms with E-state index in [1.807, 2.05) is 11.8 Å². The Balaban J connectivity index is 2.09. The van der Waals surface area contributed by atoms with Gasteiger partial charge in [-0.05, 0) is 25.6 Å². The second-order valence-electron chi connectivity index (χ2n) is 3.62. The van der Waals surface area contributed by atoms with Gasteiger partial charge in [0.1, 0.15) is 0 Å². The maximum atomic E-state index is 8.55. The van der Waals surface area contributed by atoms with Crippen LogP contribution in [0.1, 0.15) is 12.8 Å². The molecule has 0 aliphatic carbocycles. The molecule has 1 heterocycles. The van der Waals surface area contributed by atoms with Crippen molar-refractivity contribution >= 4 is 11.8 Å². The lowest BCUT2D eigenvalue weighted by atomic mass is 10.2. The summed E-state index contributed by atoms with van der Waals surface area (Å²) in [5, 5.41) is 8.55. The lowest BCUT2D eigenvalue weighted by molar-refractivity contribution is 0.0728. The number of nitrogens with zero attached hydrogens (tertiary/aromatic N) is 1. The van der Waals surface area contributed by atoms with Gasteiger partial charge in [0.15, 0.2) is 0 Å². The fourth-order valence-corrected chi connectivity index (χ4v) is 2.68. The van der Waals surface area contributed by atoms with E-state index in [0.29, 0.717) is 6.61 Å². The fraction of sp³-hybridized carbons (Fsp3) is 1.00. The van der Waals surface area contributed by atoms with Crippen LogP contribution in [0.15, 0.2) is 0 Å². The van der Waals surface area contributed by atoms with Crippen LogP contribution in [-0.4, -0.2) is 61.0 Å². The first-order chi connectivity index (χ1) is 6.88. The summed E-state index contributed by atoms with van der Waals surface area (Å²) in [5.41, 5.74) is 0. The molecule has 1 fully saturated rings. The molecule has 1 rings (SSSR count). The number of hydrogen-bond acceptors (Lipinski definition) is 4. The molecule has 1 aliphatic heterocycles.